The third-order valence-electron chi connectivity index (χ3n) is 2.74. The Labute approximate surface area is 86.9 Å². The zero-order chi connectivity index (χ0) is 10.4. The van der Waals surface area contributed by atoms with Crippen LogP contribution in [0.3, 0.4) is 0 Å². The number of hydrogen-bond donors (Lipinski definition) is 1. The van der Waals surface area contributed by atoms with E-state index in [-0.39, 0.29) is 5.91 Å². The summed E-state index contributed by atoms with van der Waals surface area (Å²) in [5, 5.41) is 2.94. The molecule has 3 heteroatoms. The smallest absolute Gasteiger partial charge is 0.219 e. The fraction of sp³-hybridized carbons (Fsp3) is 0.909. The minimum Gasteiger partial charge on any atom is -0.356 e. The lowest BCUT2D eigenvalue weighted by atomic mass is 10.1. The average Bonchev–Trinajstić information content (AvgIpc) is 2.66. The van der Waals surface area contributed by atoms with Crippen molar-refractivity contribution in [3.8, 4) is 0 Å². The summed E-state index contributed by atoms with van der Waals surface area (Å²) in [6.45, 7) is 8.53. The molecule has 0 aromatic rings. The van der Waals surface area contributed by atoms with Gasteiger partial charge in [-0.1, -0.05) is 13.8 Å². The molecule has 14 heavy (non-hydrogen) atoms. The quantitative estimate of drug-likeness (QED) is 0.721. The molecule has 1 aliphatic heterocycles. The highest BCUT2D eigenvalue weighted by Crippen LogP contribution is 2.09. The van der Waals surface area contributed by atoms with Crippen molar-refractivity contribution in [2.24, 2.45) is 5.92 Å². The summed E-state index contributed by atoms with van der Waals surface area (Å²) in [5.41, 5.74) is 0. The predicted octanol–water partition coefficient (Wildman–Crippen LogP) is 1.24. The van der Waals surface area contributed by atoms with Crippen molar-refractivity contribution < 1.29 is 4.79 Å². The van der Waals surface area contributed by atoms with E-state index in [0.29, 0.717) is 12.3 Å². The largest absolute Gasteiger partial charge is 0.356 e. The van der Waals surface area contributed by atoms with E-state index in [0.717, 1.165) is 13.1 Å². The van der Waals surface area contributed by atoms with Gasteiger partial charge in [0.2, 0.25) is 5.91 Å². The topological polar surface area (TPSA) is 32.3 Å². The van der Waals surface area contributed by atoms with E-state index in [1.165, 1.54) is 25.9 Å². The normalized spacial score (nSPS) is 19.6. The summed E-state index contributed by atoms with van der Waals surface area (Å²) in [6, 6.07) is 0. The first kappa shape index (κ1) is 11.5. The third-order valence-corrected chi connectivity index (χ3v) is 2.74. The van der Waals surface area contributed by atoms with Crippen LogP contribution in [0.1, 0.15) is 33.1 Å². The molecule has 1 amide bonds. The molecule has 0 aromatic carbocycles. The minimum atomic E-state index is 0.165. The highest BCUT2D eigenvalue weighted by Gasteiger charge is 2.14. The van der Waals surface area contributed by atoms with E-state index in [9.17, 15) is 4.79 Å². The maximum absolute atomic E-state index is 11.0. The molecule has 1 atom stereocenters. The van der Waals surface area contributed by atoms with Gasteiger partial charge in [0.25, 0.3) is 0 Å². The molecule has 1 fully saturated rings. The van der Waals surface area contributed by atoms with E-state index >= 15 is 0 Å². The number of amides is 1. The van der Waals surface area contributed by atoms with Gasteiger partial charge in [-0.15, -0.1) is 0 Å². The monoisotopic (exact) mass is 198 g/mol. The average molecular weight is 198 g/mol. The first-order valence-electron chi connectivity index (χ1n) is 5.71. The van der Waals surface area contributed by atoms with Gasteiger partial charge in [-0.25, -0.2) is 0 Å². The summed E-state index contributed by atoms with van der Waals surface area (Å²) in [7, 11) is 0. The van der Waals surface area contributed by atoms with Crippen LogP contribution in [0.15, 0.2) is 0 Å². The fourth-order valence-electron chi connectivity index (χ4n) is 1.88. The van der Waals surface area contributed by atoms with Crippen LogP contribution < -0.4 is 5.32 Å². The van der Waals surface area contributed by atoms with Crippen LogP contribution in [0.25, 0.3) is 0 Å². The lowest BCUT2D eigenvalue weighted by Gasteiger charge is -2.20. The number of carbonyl (C=O) groups excluding carboxylic acids is 1. The second-order valence-electron chi connectivity index (χ2n) is 4.27. The predicted molar refractivity (Wildman–Crippen MR) is 58.1 cm³/mol. The van der Waals surface area contributed by atoms with Crippen LogP contribution in [-0.4, -0.2) is 37.0 Å². The van der Waals surface area contributed by atoms with Gasteiger partial charge in [0, 0.05) is 19.5 Å². The van der Waals surface area contributed by atoms with Crippen molar-refractivity contribution in [2.45, 2.75) is 33.1 Å². The Kier molecular flexibility index (Phi) is 4.94. The molecule has 1 rings (SSSR count). The fourth-order valence-corrected chi connectivity index (χ4v) is 1.88. The van der Waals surface area contributed by atoms with E-state index in [1.807, 2.05) is 6.92 Å². The Hall–Kier alpha value is -0.570. The molecular weight excluding hydrogens is 176 g/mol. The summed E-state index contributed by atoms with van der Waals surface area (Å²) in [5.74, 6) is 0.738. The Morgan fingerprint density at radius 3 is 2.64 bits per heavy atom. The van der Waals surface area contributed by atoms with Crippen LogP contribution >= 0.6 is 0 Å². The zero-order valence-corrected chi connectivity index (χ0v) is 9.38. The molecule has 1 N–H and O–H groups in total. The second-order valence-corrected chi connectivity index (χ2v) is 4.27. The second kappa shape index (κ2) is 6.02. The van der Waals surface area contributed by atoms with Gasteiger partial charge < -0.3 is 10.2 Å². The molecule has 1 heterocycles. The zero-order valence-electron chi connectivity index (χ0n) is 9.38. The maximum Gasteiger partial charge on any atom is 0.219 e. The summed E-state index contributed by atoms with van der Waals surface area (Å²) in [6.07, 6.45) is 3.28. The molecule has 0 radical (unpaired) electrons. The summed E-state index contributed by atoms with van der Waals surface area (Å²) < 4.78 is 0. The number of rotatable bonds is 5. The Morgan fingerprint density at radius 1 is 1.43 bits per heavy atom. The van der Waals surface area contributed by atoms with Crippen molar-refractivity contribution in [1.29, 1.82) is 0 Å². The van der Waals surface area contributed by atoms with E-state index in [2.05, 4.69) is 17.1 Å². The molecule has 0 aliphatic carbocycles. The lowest BCUT2D eigenvalue weighted by molar-refractivity contribution is -0.120. The molecule has 82 valence electrons. The van der Waals surface area contributed by atoms with Crippen molar-refractivity contribution in [3.63, 3.8) is 0 Å². The number of carbonyl (C=O) groups is 1. The molecule has 0 saturated carbocycles. The number of hydrogen-bond acceptors (Lipinski definition) is 2. The van der Waals surface area contributed by atoms with Gasteiger partial charge in [0.15, 0.2) is 0 Å². The molecular formula is C11H22N2O. The van der Waals surface area contributed by atoms with Crippen LogP contribution in [0.5, 0.6) is 0 Å². The van der Waals surface area contributed by atoms with Gasteiger partial charge in [0.05, 0.1) is 0 Å². The summed E-state index contributed by atoms with van der Waals surface area (Å²) in [4.78, 5) is 13.5. The van der Waals surface area contributed by atoms with Gasteiger partial charge >= 0.3 is 0 Å². The first-order valence-corrected chi connectivity index (χ1v) is 5.71. The lowest BCUT2D eigenvalue weighted by Crippen LogP contribution is -2.34. The number of nitrogens with zero attached hydrogens (tertiary/aromatic N) is 1. The number of nitrogens with one attached hydrogen (secondary N) is 1. The summed E-state index contributed by atoms with van der Waals surface area (Å²) >= 11 is 0. The van der Waals surface area contributed by atoms with Crippen molar-refractivity contribution in [1.82, 2.24) is 10.2 Å². The van der Waals surface area contributed by atoms with Crippen molar-refractivity contribution >= 4 is 5.91 Å². The Balaban J connectivity index is 2.08. The minimum absolute atomic E-state index is 0.165. The van der Waals surface area contributed by atoms with E-state index < -0.39 is 0 Å². The van der Waals surface area contributed by atoms with E-state index in [1.54, 1.807) is 0 Å². The Bertz CT molecular complexity index is 176. The maximum atomic E-state index is 11.0. The molecule has 0 bridgehead atoms. The van der Waals surface area contributed by atoms with Gasteiger partial charge in [-0.05, 0) is 31.8 Å². The van der Waals surface area contributed by atoms with Crippen LogP contribution in [0.2, 0.25) is 0 Å². The molecule has 0 aromatic heterocycles. The molecule has 3 nitrogen and oxygen atoms in total. The van der Waals surface area contributed by atoms with E-state index in [4.69, 9.17) is 0 Å². The van der Waals surface area contributed by atoms with Crippen LogP contribution in [-0.2, 0) is 4.79 Å². The van der Waals surface area contributed by atoms with Gasteiger partial charge in [-0.3, -0.25) is 4.79 Å². The third kappa shape index (κ3) is 4.09. The SMILES string of the molecule is CCC(=O)NCC(C)CN1CCCC1. The number of likely N-dealkylation sites (tertiary alicyclic amines) is 1. The first-order chi connectivity index (χ1) is 6.72. The van der Waals surface area contributed by atoms with Crippen LogP contribution in [0.4, 0.5) is 0 Å². The highest BCUT2D eigenvalue weighted by molar-refractivity contribution is 5.75. The van der Waals surface area contributed by atoms with Crippen molar-refractivity contribution in [3.05, 3.63) is 0 Å². The molecule has 0 spiro atoms. The van der Waals surface area contributed by atoms with Gasteiger partial charge in [0.1, 0.15) is 0 Å². The Morgan fingerprint density at radius 2 is 2.07 bits per heavy atom. The standard InChI is InChI=1S/C11H22N2O/c1-3-11(14)12-8-10(2)9-13-6-4-5-7-13/h10H,3-9H2,1-2H3,(H,12,14). The molecule has 1 aliphatic rings. The van der Waals surface area contributed by atoms with Gasteiger partial charge in [-0.2, -0.15) is 0 Å². The van der Waals surface area contributed by atoms with Crippen LogP contribution in [0, 0.1) is 5.92 Å². The molecule has 1 saturated heterocycles. The van der Waals surface area contributed by atoms with Crippen molar-refractivity contribution in [2.75, 3.05) is 26.2 Å². The highest BCUT2D eigenvalue weighted by atomic mass is 16.1. The molecule has 1 unspecified atom stereocenters.